The fourth-order valence-electron chi connectivity index (χ4n) is 1.92. The summed E-state index contributed by atoms with van der Waals surface area (Å²) in [5.41, 5.74) is 0.599. The summed E-state index contributed by atoms with van der Waals surface area (Å²) in [7, 11) is 2.09. The SMILES string of the molecule is CN1CCC(OC(=O)c2ccc(S)cc2)CC1. The number of nitrogens with zero attached hydrogens (tertiary/aromatic N) is 1. The quantitative estimate of drug-likeness (QED) is 0.645. The Balaban J connectivity index is 1.91. The summed E-state index contributed by atoms with van der Waals surface area (Å²) in [6.45, 7) is 1.99. The maximum Gasteiger partial charge on any atom is 0.338 e. The van der Waals surface area contributed by atoms with E-state index in [2.05, 4.69) is 24.6 Å². The molecule has 3 nitrogen and oxygen atoms in total. The molecule has 0 N–H and O–H groups in total. The van der Waals surface area contributed by atoms with Crippen LogP contribution in [0.1, 0.15) is 23.2 Å². The van der Waals surface area contributed by atoms with Crippen molar-refractivity contribution in [1.29, 1.82) is 0 Å². The summed E-state index contributed by atoms with van der Waals surface area (Å²) in [6.07, 6.45) is 1.91. The molecule has 0 aromatic heterocycles. The zero-order chi connectivity index (χ0) is 12.3. The van der Waals surface area contributed by atoms with Gasteiger partial charge in [0.15, 0.2) is 0 Å². The predicted molar refractivity (Wildman–Crippen MR) is 69.6 cm³/mol. The van der Waals surface area contributed by atoms with E-state index < -0.39 is 0 Å². The van der Waals surface area contributed by atoms with Crippen molar-refractivity contribution in [3.63, 3.8) is 0 Å². The second-order valence-electron chi connectivity index (χ2n) is 4.45. The van der Waals surface area contributed by atoms with Crippen LogP contribution < -0.4 is 0 Å². The smallest absolute Gasteiger partial charge is 0.338 e. The lowest BCUT2D eigenvalue weighted by Gasteiger charge is -2.28. The van der Waals surface area contributed by atoms with E-state index in [0.29, 0.717) is 5.56 Å². The molecule has 2 rings (SSSR count). The van der Waals surface area contributed by atoms with Crippen molar-refractivity contribution in [3.8, 4) is 0 Å². The van der Waals surface area contributed by atoms with E-state index >= 15 is 0 Å². The van der Waals surface area contributed by atoms with Gasteiger partial charge >= 0.3 is 5.97 Å². The third-order valence-corrected chi connectivity index (χ3v) is 3.34. The Morgan fingerprint density at radius 1 is 1.29 bits per heavy atom. The van der Waals surface area contributed by atoms with Crippen LogP contribution in [0.4, 0.5) is 0 Å². The number of hydrogen-bond donors (Lipinski definition) is 1. The Bertz CT molecular complexity index is 383. The molecule has 0 bridgehead atoms. The third kappa shape index (κ3) is 3.48. The Morgan fingerprint density at radius 3 is 2.47 bits per heavy atom. The maximum absolute atomic E-state index is 11.8. The van der Waals surface area contributed by atoms with Crippen LogP contribution >= 0.6 is 12.6 Å². The van der Waals surface area contributed by atoms with Gasteiger partial charge < -0.3 is 9.64 Å². The van der Waals surface area contributed by atoms with Crippen molar-refractivity contribution < 1.29 is 9.53 Å². The van der Waals surface area contributed by atoms with Gasteiger partial charge in [-0.05, 0) is 44.2 Å². The zero-order valence-electron chi connectivity index (χ0n) is 9.93. The fraction of sp³-hybridized carbons (Fsp3) is 0.462. The number of rotatable bonds is 2. The van der Waals surface area contributed by atoms with Gasteiger partial charge in [-0.2, -0.15) is 0 Å². The molecule has 0 unspecified atom stereocenters. The van der Waals surface area contributed by atoms with Gasteiger partial charge in [-0.3, -0.25) is 0 Å². The number of piperidine rings is 1. The molecule has 0 amide bonds. The monoisotopic (exact) mass is 251 g/mol. The lowest BCUT2D eigenvalue weighted by molar-refractivity contribution is 0.0139. The average Bonchev–Trinajstić information content (AvgIpc) is 2.33. The van der Waals surface area contributed by atoms with Crippen molar-refractivity contribution in [3.05, 3.63) is 29.8 Å². The van der Waals surface area contributed by atoms with E-state index in [4.69, 9.17) is 4.74 Å². The lowest BCUT2D eigenvalue weighted by Crippen LogP contribution is -2.35. The van der Waals surface area contributed by atoms with Crippen LogP contribution in [0, 0.1) is 0 Å². The molecule has 1 saturated heterocycles. The molecule has 1 aromatic rings. The minimum atomic E-state index is -0.229. The highest BCUT2D eigenvalue weighted by molar-refractivity contribution is 7.80. The van der Waals surface area contributed by atoms with Crippen molar-refractivity contribution in [2.45, 2.75) is 23.8 Å². The first-order valence-electron chi connectivity index (χ1n) is 5.84. The molecule has 0 spiro atoms. The van der Waals surface area contributed by atoms with E-state index in [1.807, 2.05) is 0 Å². The molecule has 1 fully saturated rings. The van der Waals surface area contributed by atoms with Crippen molar-refractivity contribution in [1.82, 2.24) is 4.90 Å². The number of esters is 1. The summed E-state index contributed by atoms with van der Waals surface area (Å²) in [5, 5.41) is 0. The number of hydrogen-bond acceptors (Lipinski definition) is 4. The molecule has 1 heterocycles. The van der Waals surface area contributed by atoms with Gasteiger partial charge in [0.1, 0.15) is 6.10 Å². The molecular weight excluding hydrogens is 234 g/mol. The van der Waals surface area contributed by atoms with Crippen molar-refractivity contribution in [2.24, 2.45) is 0 Å². The molecule has 0 radical (unpaired) electrons. The highest BCUT2D eigenvalue weighted by atomic mass is 32.1. The Morgan fingerprint density at radius 2 is 1.88 bits per heavy atom. The molecule has 17 heavy (non-hydrogen) atoms. The van der Waals surface area contributed by atoms with Gasteiger partial charge in [0.25, 0.3) is 0 Å². The van der Waals surface area contributed by atoms with E-state index in [1.165, 1.54) is 0 Å². The maximum atomic E-state index is 11.8. The Kier molecular flexibility index (Phi) is 4.07. The van der Waals surface area contributed by atoms with Gasteiger partial charge in [-0.25, -0.2) is 4.79 Å². The normalized spacial score (nSPS) is 18.0. The Labute approximate surface area is 107 Å². The van der Waals surface area contributed by atoms with E-state index in [0.717, 1.165) is 30.8 Å². The van der Waals surface area contributed by atoms with Gasteiger partial charge in [0.05, 0.1) is 5.56 Å². The van der Waals surface area contributed by atoms with E-state index in [9.17, 15) is 4.79 Å². The first kappa shape index (κ1) is 12.5. The number of ether oxygens (including phenoxy) is 1. The van der Waals surface area contributed by atoms with Crippen LogP contribution in [0.2, 0.25) is 0 Å². The summed E-state index contributed by atoms with van der Waals surface area (Å²) < 4.78 is 5.48. The highest BCUT2D eigenvalue weighted by Crippen LogP contribution is 2.15. The molecule has 0 saturated carbocycles. The standard InChI is InChI=1S/C13H17NO2S/c1-14-8-6-11(7-9-14)16-13(15)10-2-4-12(17)5-3-10/h2-5,11,17H,6-9H2,1H3. The number of thiol groups is 1. The molecular formula is C13H17NO2S. The van der Waals surface area contributed by atoms with Crippen LogP contribution in [0.5, 0.6) is 0 Å². The topological polar surface area (TPSA) is 29.5 Å². The summed E-state index contributed by atoms with van der Waals surface area (Å²) in [4.78, 5) is 14.9. The van der Waals surface area contributed by atoms with Gasteiger partial charge in [-0.1, -0.05) is 0 Å². The molecule has 1 aromatic carbocycles. The van der Waals surface area contributed by atoms with Gasteiger partial charge in [0, 0.05) is 18.0 Å². The average molecular weight is 251 g/mol. The molecule has 92 valence electrons. The second-order valence-corrected chi connectivity index (χ2v) is 4.97. The number of benzene rings is 1. The van der Waals surface area contributed by atoms with Gasteiger partial charge in [-0.15, -0.1) is 12.6 Å². The van der Waals surface area contributed by atoms with Crippen molar-refractivity contribution in [2.75, 3.05) is 20.1 Å². The molecule has 0 atom stereocenters. The van der Waals surface area contributed by atoms with Crippen LogP contribution in [-0.4, -0.2) is 37.1 Å². The molecule has 4 heteroatoms. The zero-order valence-corrected chi connectivity index (χ0v) is 10.8. The molecule has 0 aliphatic carbocycles. The van der Waals surface area contributed by atoms with Crippen LogP contribution in [0.15, 0.2) is 29.2 Å². The fourth-order valence-corrected chi connectivity index (χ4v) is 2.07. The van der Waals surface area contributed by atoms with Crippen LogP contribution in [0.3, 0.4) is 0 Å². The van der Waals surface area contributed by atoms with E-state index in [1.54, 1.807) is 24.3 Å². The van der Waals surface area contributed by atoms with Crippen LogP contribution in [-0.2, 0) is 4.74 Å². The summed E-state index contributed by atoms with van der Waals surface area (Å²) in [5.74, 6) is -0.229. The lowest BCUT2D eigenvalue weighted by atomic mass is 10.1. The largest absolute Gasteiger partial charge is 0.459 e. The number of carbonyl (C=O) groups is 1. The van der Waals surface area contributed by atoms with Gasteiger partial charge in [0.2, 0.25) is 0 Å². The molecule has 1 aliphatic rings. The van der Waals surface area contributed by atoms with E-state index in [-0.39, 0.29) is 12.1 Å². The summed E-state index contributed by atoms with van der Waals surface area (Å²) >= 11 is 4.18. The first-order chi connectivity index (χ1) is 8.15. The predicted octanol–water partition coefficient (Wildman–Crippen LogP) is 2.23. The number of carbonyl (C=O) groups excluding carboxylic acids is 1. The third-order valence-electron chi connectivity index (χ3n) is 3.04. The first-order valence-corrected chi connectivity index (χ1v) is 6.28. The minimum absolute atomic E-state index is 0.0642. The Hall–Kier alpha value is -1.00. The van der Waals surface area contributed by atoms with Crippen LogP contribution in [0.25, 0.3) is 0 Å². The minimum Gasteiger partial charge on any atom is -0.459 e. The summed E-state index contributed by atoms with van der Waals surface area (Å²) in [6, 6.07) is 7.10. The van der Waals surface area contributed by atoms with Crippen molar-refractivity contribution >= 4 is 18.6 Å². The molecule has 1 aliphatic heterocycles. The second kappa shape index (κ2) is 5.56. The number of likely N-dealkylation sites (tertiary alicyclic amines) is 1. The highest BCUT2D eigenvalue weighted by Gasteiger charge is 2.20.